The monoisotopic (exact) mass is 520 g/mol. The first-order valence-corrected chi connectivity index (χ1v) is 14.5. The van der Waals surface area contributed by atoms with Gasteiger partial charge in [0.05, 0.1) is 0 Å². The first-order chi connectivity index (χ1) is 19.6. The molecule has 0 radical (unpaired) electrons. The van der Waals surface area contributed by atoms with E-state index in [2.05, 4.69) is 91.6 Å². The van der Waals surface area contributed by atoms with Crippen LogP contribution in [0.25, 0.3) is 28.3 Å². The molecular formula is C36H32N4. The number of hydrogen-bond donors (Lipinski definition) is 0. The second kappa shape index (κ2) is 8.85. The van der Waals surface area contributed by atoms with Crippen molar-refractivity contribution in [1.82, 2.24) is 15.0 Å². The molecule has 2 aromatic carbocycles. The van der Waals surface area contributed by atoms with Crippen molar-refractivity contribution in [3.05, 3.63) is 125 Å². The van der Waals surface area contributed by atoms with Gasteiger partial charge in [-0.15, -0.1) is 0 Å². The van der Waals surface area contributed by atoms with Crippen LogP contribution in [0.2, 0.25) is 0 Å². The minimum absolute atomic E-state index is 0.0435. The predicted molar refractivity (Wildman–Crippen MR) is 162 cm³/mol. The topological polar surface area (TPSA) is 41.9 Å². The molecule has 5 aliphatic rings. The summed E-state index contributed by atoms with van der Waals surface area (Å²) < 4.78 is 0. The Morgan fingerprint density at radius 2 is 1.60 bits per heavy atom. The molecule has 1 unspecified atom stereocenters. The lowest BCUT2D eigenvalue weighted by atomic mass is 9.68. The maximum atomic E-state index is 5.05. The molecule has 0 amide bonds. The second-order valence-electron chi connectivity index (χ2n) is 11.9. The van der Waals surface area contributed by atoms with Gasteiger partial charge in [-0.2, -0.15) is 0 Å². The Bertz CT molecular complexity index is 1750. The van der Waals surface area contributed by atoms with Gasteiger partial charge >= 0.3 is 0 Å². The molecule has 1 atom stereocenters. The molecule has 3 aromatic rings. The summed E-state index contributed by atoms with van der Waals surface area (Å²) in [5.41, 5.74) is 11.8. The number of benzene rings is 2. The van der Waals surface area contributed by atoms with Gasteiger partial charge in [-0.1, -0.05) is 80.6 Å². The SMILES string of the molecule is CC1(C)C2=C3C(CC=C2)c2cc(-c4nc(C5=CC=CCC5)nc(-c5ccccc5)n4)ccc2N3C2=C1CCC=C2. The number of hydrogen-bond acceptors (Lipinski definition) is 4. The molecule has 0 saturated heterocycles. The molecule has 1 aromatic heterocycles. The minimum atomic E-state index is 0.0435. The van der Waals surface area contributed by atoms with Gasteiger partial charge in [0.15, 0.2) is 17.5 Å². The van der Waals surface area contributed by atoms with E-state index in [1.807, 2.05) is 18.2 Å². The molecule has 0 fully saturated rings. The first kappa shape index (κ1) is 23.6. The highest BCUT2D eigenvalue weighted by Crippen LogP contribution is 2.59. The van der Waals surface area contributed by atoms with Crippen molar-refractivity contribution >= 4 is 11.3 Å². The maximum Gasteiger partial charge on any atom is 0.164 e. The van der Waals surface area contributed by atoms with E-state index in [4.69, 9.17) is 15.0 Å². The van der Waals surface area contributed by atoms with Crippen LogP contribution < -0.4 is 4.90 Å². The van der Waals surface area contributed by atoms with Gasteiger partial charge in [-0.25, -0.2) is 15.0 Å². The minimum Gasteiger partial charge on any atom is -0.313 e. The lowest BCUT2D eigenvalue weighted by molar-refractivity contribution is 0.490. The van der Waals surface area contributed by atoms with Crippen LogP contribution in [0, 0.1) is 5.41 Å². The lowest BCUT2D eigenvalue weighted by Gasteiger charge is -2.44. The first-order valence-electron chi connectivity index (χ1n) is 14.5. The Morgan fingerprint density at radius 3 is 2.42 bits per heavy atom. The largest absolute Gasteiger partial charge is 0.313 e. The summed E-state index contributed by atoms with van der Waals surface area (Å²) in [5, 5.41) is 0. The van der Waals surface area contributed by atoms with Gasteiger partial charge in [0.2, 0.25) is 0 Å². The standard InChI is InChI=1S/C36H32N4/c1-36(2)28-17-9-10-19-31(28)40-30-21-20-25(22-27(30)26-16-11-18-29(36)32(26)40)35-38-33(23-12-5-3-6-13-23)37-34(39-35)24-14-7-4-8-15-24/h3-7,10-14,18-22,26H,8-9,15-17H2,1-2H3. The molecule has 4 heteroatoms. The van der Waals surface area contributed by atoms with E-state index in [-0.39, 0.29) is 5.41 Å². The van der Waals surface area contributed by atoms with Crippen LogP contribution in [-0.2, 0) is 0 Å². The third-order valence-corrected chi connectivity index (χ3v) is 9.19. The Balaban J connectivity index is 1.29. The highest BCUT2D eigenvalue weighted by atomic mass is 15.2. The zero-order valence-electron chi connectivity index (χ0n) is 23.1. The molecule has 196 valence electrons. The smallest absolute Gasteiger partial charge is 0.164 e. The van der Waals surface area contributed by atoms with E-state index in [1.165, 1.54) is 33.8 Å². The van der Waals surface area contributed by atoms with E-state index >= 15 is 0 Å². The quantitative estimate of drug-likeness (QED) is 0.346. The molecule has 8 rings (SSSR count). The van der Waals surface area contributed by atoms with Crippen LogP contribution in [0.3, 0.4) is 0 Å². The normalized spacial score (nSPS) is 21.8. The summed E-state index contributed by atoms with van der Waals surface area (Å²) in [6.07, 6.45) is 21.2. The van der Waals surface area contributed by atoms with Crippen LogP contribution in [0.5, 0.6) is 0 Å². The summed E-state index contributed by atoms with van der Waals surface area (Å²) in [7, 11) is 0. The summed E-state index contributed by atoms with van der Waals surface area (Å²) in [6.45, 7) is 4.82. The van der Waals surface area contributed by atoms with Crippen molar-refractivity contribution in [2.24, 2.45) is 5.41 Å². The fraction of sp³-hybridized carbons (Fsp3) is 0.250. The molecule has 0 N–H and O–H groups in total. The Kier molecular flexibility index (Phi) is 5.22. The Labute approximate surface area is 235 Å². The number of nitrogens with zero attached hydrogens (tertiary/aromatic N) is 4. The van der Waals surface area contributed by atoms with Crippen LogP contribution in [0.15, 0.2) is 114 Å². The van der Waals surface area contributed by atoms with Gasteiger partial charge < -0.3 is 4.90 Å². The molecular weight excluding hydrogens is 488 g/mol. The third-order valence-electron chi connectivity index (χ3n) is 9.19. The van der Waals surface area contributed by atoms with Crippen molar-refractivity contribution in [2.45, 2.75) is 51.9 Å². The summed E-state index contributed by atoms with van der Waals surface area (Å²) in [6, 6.07) is 17.1. The fourth-order valence-electron chi connectivity index (χ4n) is 7.16. The second-order valence-corrected chi connectivity index (χ2v) is 11.9. The van der Waals surface area contributed by atoms with Gasteiger partial charge in [-0.3, -0.25) is 0 Å². The van der Waals surface area contributed by atoms with Crippen LogP contribution in [0.1, 0.15) is 63.3 Å². The number of fused-ring (bicyclic) bond motifs is 4. The number of aromatic nitrogens is 3. The van der Waals surface area contributed by atoms with Crippen molar-refractivity contribution in [2.75, 3.05) is 4.90 Å². The van der Waals surface area contributed by atoms with Crippen molar-refractivity contribution in [3.63, 3.8) is 0 Å². The van der Waals surface area contributed by atoms with Crippen molar-refractivity contribution in [1.29, 1.82) is 0 Å². The molecule has 3 heterocycles. The van der Waals surface area contributed by atoms with Crippen LogP contribution >= 0.6 is 0 Å². The third kappa shape index (κ3) is 3.48. The Hall–Kier alpha value is -4.31. The molecule has 40 heavy (non-hydrogen) atoms. The molecule has 4 nitrogen and oxygen atoms in total. The number of rotatable bonds is 3. The average Bonchev–Trinajstić information content (AvgIpc) is 3.35. The van der Waals surface area contributed by atoms with Gasteiger partial charge in [0.1, 0.15) is 0 Å². The van der Waals surface area contributed by atoms with Gasteiger partial charge in [-0.05, 0) is 78.7 Å². The molecule has 0 saturated carbocycles. The van der Waals surface area contributed by atoms with Crippen LogP contribution in [0.4, 0.5) is 5.69 Å². The summed E-state index contributed by atoms with van der Waals surface area (Å²) in [5.74, 6) is 2.59. The lowest BCUT2D eigenvalue weighted by Crippen LogP contribution is -2.36. The van der Waals surface area contributed by atoms with E-state index < -0.39 is 0 Å². The van der Waals surface area contributed by atoms with Crippen molar-refractivity contribution < 1.29 is 0 Å². The molecule has 0 spiro atoms. The molecule has 3 aliphatic carbocycles. The number of allylic oxidation sites excluding steroid dienone is 11. The van der Waals surface area contributed by atoms with Gasteiger partial charge in [0.25, 0.3) is 0 Å². The zero-order chi connectivity index (χ0) is 26.8. The molecule has 0 bridgehead atoms. The van der Waals surface area contributed by atoms with E-state index in [0.717, 1.165) is 60.7 Å². The fourth-order valence-corrected chi connectivity index (χ4v) is 7.16. The predicted octanol–water partition coefficient (Wildman–Crippen LogP) is 8.70. The van der Waals surface area contributed by atoms with Crippen LogP contribution in [-0.4, -0.2) is 15.0 Å². The van der Waals surface area contributed by atoms with E-state index in [0.29, 0.717) is 5.92 Å². The van der Waals surface area contributed by atoms with E-state index in [1.54, 1.807) is 5.57 Å². The summed E-state index contributed by atoms with van der Waals surface area (Å²) >= 11 is 0. The maximum absolute atomic E-state index is 5.05. The Morgan fingerprint density at radius 1 is 0.800 bits per heavy atom. The molecule has 2 aliphatic heterocycles. The summed E-state index contributed by atoms with van der Waals surface area (Å²) in [4.78, 5) is 17.6. The zero-order valence-corrected chi connectivity index (χ0v) is 23.1. The van der Waals surface area contributed by atoms with E-state index in [9.17, 15) is 0 Å². The number of anilines is 1. The van der Waals surface area contributed by atoms with Gasteiger partial charge in [0, 0.05) is 39.5 Å². The highest BCUT2D eigenvalue weighted by Gasteiger charge is 2.47. The highest BCUT2D eigenvalue weighted by molar-refractivity contribution is 5.81. The average molecular weight is 521 g/mol. The van der Waals surface area contributed by atoms with Crippen molar-refractivity contribution in [3.8, 4) is 22.8 Å².